The SMILES string of the molecule is CCNC(=NCCCCOCC)NCCOCCOC. The number of hydrogen-bond donors (Lipinski definition) is 2. The second-order valence-corrected chi connectivity index (χ2v) is 4.20. The van der Waals surface area contributed by atoms with Gasteiger partial charge in [0.15, 0.2) is 5.96 Å². The van der Waals surface area contributed by atoms with Crippen molar-refractivity contribution in [2.45, 2.75) is 26.7 Å². The highest BCUT2D eigenvalue weighted by Crippen LogP contribution is 1.91. The summed E-state index contributed by atoms with van der Waals surface area (Å²) in [5.74, 6) is 0.847. The fraction of sp³-hybridized carbons (Fsp3) is 0.929. The molecule has 0 rings (SSSR count). The van der Waals surface area contributed by atoms with Gasteiger partial charge >= 0.3 is 0 Å². The second kappa shape index (κ2) is 16.2. The first-order chi connectivity index (χ1) is 9.85. The summed E-state index contributed by atoms with van der Waals surface area (Å²) in [5, 5.41) is 6.46. The van der Waals surface area contributed by atoms with Crippen molar-refractivity contribution >= 4 is 5.96 Å². The Morgan fingerprint density at radius 1 is 0.950 bits per heavy atom. The Labute approximate surface area is 123 Å². The van der Waals surface area contributed by atoms with E-state index in [1.54, 1.807) is 7.11 Å². The van der Waals surface area contributed by atoms with Crippen molar-refractivity contribution in [2.75, 3.05) is 59.8 Å². The number of hydrogen-bond acceptors (Lipinski definition) is 4. The Kier molecular flexibility index (Phi) is 15.5. The number of nitrogens with one attached hydrogen (secondary N) is 2. The zero-order valence-electron chi connectivity index (χ0n) is 13.2. The molecule has 6 nitrogen and oxygen atoms in total. The molecule has 0 aromatic heterocycles. The maximum atomic E-state index is 5.39. The quantitative estimate of drug-likeness (QED) is 0.301. The van der Waals surface area contributed by atoms with Crippen molar-refractivity contribution in [3.63, 3.8) is 0 Å². The van der Waals surface area contributed by atoms with Gasteiger partial charge in [-0.15, -0.1) is 0 Å². The van der Waals surface area contributed by atoms with E-state index in [0.717, 1.165) is 51.6 Å². The van der Waals surface area contributed by atoms with Gasteiger partial charge in [-0.3, -0.25) is 4.99 Å². The minimum absolute atomic E-state index is 0.628. The van der Waals surface area contributed by atoms with Crippen LogP contribution in [0.15, 0.2) is 4.99 Å². The number of guanidine groups is 1. The Morgan fingerprint density at radius 3 is 2.50 bits per heavy atom. The zero-order valence-corrected chi connectivity index (χ0v) is 13.2. The average Bonchev–Trinajstić information content (AvgIpc) is 2.46. The molecule has 0 heterocycles. The monoisotopic (exact) mass is 289 g/mol. The lowest BCUT2D eigenvalue weighted by Crippen LogP contribution is -2.39. The summed E-state index contributed by atoms with van der Waals surface area (Å²) in [6, 6.07) is 0. The molecule has 0 fully saturated rings. The third-order valence-electron chi connectivity index (χ3n) is 2.49. The predicted octanol–water partition coefficient (Wildman–Crippen LogP) is 1.02. The summed E-state index contributed by atoms with van der Waals surface area (Å²) in [4.78, 5) is 4.50. The summed E-state index contributed by atoms with van der Waals surface area (Å²) < 4.78 is 15.6. The van der Waals surface area contributed by atoms with Gasteiger partial charge in [-0.25, -0.2) is 0 Å². The minimum Gasteiger partial charge on any atom is -0.382 e. The molecule has 0 saturated carbocycles. The lowest BCUT2D eigenvalue weighted by Gasteiger charge is -2.11. The molecular formula is C14H31N3O3. The first-order valence-corrected chi connectivity index (χ1v) is 7.51. The zero-order chi connectivity index (χ0) is 14.9. The van der Waals surface area contributed by atoms with Crippen molar-refractivity contribution < 1.29 is 14.2 Å². The van der Waals surface area contributed by atoms with Gasteiger partial charge < -0.3 is 24.8 Å². The van der Waals surface area contributed by atoms with Crippen molar-refractivity contribution in [1.29, 1.82) is 0 Å². The molecule has 0 radical (unpaired) electrons. The van der Waals surface area contributed by atoms with Crippen molar-refractivity contribution in [1.82, 2.24) is 10.6 Å². The number of methoxy groups -OCH3 is 1. The molecule has 0 bridgehead atoms. The van der Waals surface area contributed by atoms with E-state index < -0.39 is 0 Å². The number of rotatable bonds is 13. The van der Waals surface area contributed by atoms with Crippen LogP contribution in [0, 0.1) is 0 Å². The molecule has 0 unspecified atom stereocenters. The number of nitrogens with zero attached hydrogens (tertiary/aromatic N) is 1. The van der Waals surface area contributed by atoms with Gasteiger partial charge in [0.2, 0.25) is 0 Å². The van der Waals surface area contributed by atoms with Crippen LogP contribution in [0.2, 0.25) is 0 Å². The van der Waals surface area contributed by atoms with E-state index in [1.165, 1.54) is 0 Å². The van der Waals surface area contributed by atoms with Crippen LogP contribution in [-0.4, -0.2) is 65.7 Å². The van der Waals surface area contributed by atoms with Crippen LogP contribution < -0.4 is 10.6 Å². The average molecular weight is 289 g/mol. The first kappa shape index (κ1) is 19.1. The highest BCUT2D eigenvalue weighted by molar-refractivity contribution is 5.79. The predicted molar refractivity (Wildman–Crippen MR) is 82.4 cm³/mol. The van der Waals surface area contributed by atoms with Gasteiger partial charge in [-0.05, 0) is 26.7 Å². The number of ether oxygens (including phenoxy) is 3. The molecule has 0 aromatic rings. The Balaban J connectivity index is 3.62. The molecule has 0 aliphatic heterocycles. The largest absolute Gasteiger partial charge is 0.382 e. The Bertz CT molecular complexity index is 226. The number of unbranched alkanes of at least 4 members (excludes halogenated alkanes) is 1. The van der Waals surface area contributed by atoms with E-state index in [0.29, 0.717) is 19.8 Å². The fourth-order valence-corrected chi connectivity index (χ4v) is 1.48. The molecule has 0 spiro atoms. The summed E-state index contributed by atoms with van der Waals surface area (Å²) >= 11 is 0. The lowest BCUT2D eigenvalue weighted by atomic mass is 10.3. The lowest BCUT2D eigenvalue weighted by molar-refractivity contribution is 0.0733. The van der Waals surface area contributed by atoms with Gasteiger partial charge in [-0.1, -0.05) is 0 Å². The van der Waals surface area contributed by atoms with E-state index in [4.69, 9.17) is 14.2 Å². The van der Waals surface area contributed by atoms with Gasteiger partial charge in [0.1, 0.15) is 0 Å². The molecule has 2 N–H and O–H groups in total. The van der Waals surface area contributed by atoms with E-state index in [9.17, 15) is 0 Å². The highest BCUT2D eigenvalue weighted by Gasteiger charge is 1.96. The fourth-order valence-electron chi connectivity index (χ4n) is 1.48. The molecular weight excluding hydrogens is 258 g/mol. The van der Waals surface area contributed by atoms with Crippen LogP contribution in [0.5, 0.6) is 0 Å². The van der Waals surface area contributed by atoms with Gasteiger partial charge in [0.25, 0.3) is 0 Å². The summed E-state index contributed by atoms with van der Waals surface area (Å²) in [6.45, 7) is 10.0. The van der Waals surface area contributed by atoms with Gasteiger partial charge in [-0.2, -0.15) is 0 Å². The van der Waals surface area contributed by atoms with Crippen LogP contribution in [0.4, 0.5) is 0 Å². The molecule has 0 saturated heterocycles. The third kappa shape index (κ3) is 13.6. The smallest absolute Gasteiger partial charge is 0.191 e. The number of aliphatic imine (C=N–C) groups is 1. The molecule has 6 heteroatoms. The maximum absolute atomic E-state index is 5.39. The van der Waals surface area contributed by atoms with Crippen LogP contribution in [0.1, 0.15) is 26.7 Å². The molecule has 0 aliphatic carbocycles. The van der Waals surface area contributed by atoms with Crippen molar-refractivity contribution in [3.05, 3.63) is 0 Å². The van der Waals surface area contributed by atoms with Crippen molar-refractivity contribution in [2.24, 2.45) is 4.99 Å². The molecule has 0 atom stereocenters. The standard InChI is InChI=1S/C14H31N3O3/c1-4-15-14(16-8-6-7-10-19-5-2)17-9-11-20-13-12-18-3/h4-13H2,1-3H3,(H2,15,16,17). The molecule has 120 valence electrons. The van der Waals surface area contributed by atoms with E-state index >= 15 is 0 Å². The Hall–Kier alpha value is -0.850. The first-order valence-electron chi connectivity index (χ1n) is 7.51. The second-order valence-electron chi connectivity index (χ2n) is 4.20. The molecule has 20 heavy (non-hydrogen) atoms. The molecule has 0 aromatic carbocycles. The topological polar surface area (TPSA) is 64.1 Å². The van der Waals surface area contributed by atoms with Crippen LogP contribution in [-0.2, 0) is 14.2 Å². The Morgan fingerprint density at radius 2 is 1.80 bits per heavy atom. The normalized spacial score (nSPS) is 11.7. The summed E-state index contributed by atoms with van der Waals surface area (Å²) in [5.41, 5.74) is 0. The maximum Gasteiger partial charge on any atom is 0.191 e. The third-order valence-corrected chi connectivity index (χ3v) is 2.49. The highest BCUT2D eigenvalue weighted by atomic mass is 16.5. The van der Waals surface area contributed by atoms with Crippen LogP contribution in [0.25, 0.3) is 0 Å². The summed E-state index contributed by atoms with van der Waals surface area (Å²) in [6.07, 6.45) is 2.10. The summed E-state index contributed by atoms with van der Waals surface area (Å²) in [7, 11) is 1.67. The van der Waals surface area contributed by atoms with Gasteiger partial charge in [0.05, 0.1) is 19.8 Å². The van der Waals surface area contributed by atoms with E-state index in [1.807, 2.05) is 6.92 Å². The molecule has 0 aliphatic rings. The minimum atomic E-state index is 0.628. The molecule has 0 amide bonds. The van der Waals surface area contributed by atoms with E-state index in [2.05, 4.69) is 22.5 Å². The van der Waals surface area contributed by atoms with Crippen molar-refractivity contribution in [3.8, 4) is 0 Å². The van der Waals surface area contributed by atoms with Crippen LogP contribution >= 0.6 is 0 Å². The van der Waals surface area contributed by atoms with Crippen LogP contribution in [0.3, 0.4) is 0 Å². The van der Waals surface area contributed by atoms with Gasteiger partial charge in [0, 0.05) is 40.0 Å². The van der Waals surface area contributed by atoms with E-state index in [-0.39, 0.29) is 0 Å².